The molecule has 0 N–H and O–H groups in total. The van der Waals surface area contributed by atoms with Crippen molar-refractivity contribution in [1.82, 2.24) is 19.8 Å². The lowest BCUT2D eigenvalue weighted by Gasteiger charge is -2.36. The summed E-state index contributed by atoms with van der Waals surface area (Å²) in [5.74, 6) is 2.55. The first kappa shape index (κ1) is 15.5. The molecule has 1 saturated carbocycles. The fourth-order valence-electron chi connectivity index (χ4n) is 4.86. The first-order valence-corrected chi connectivity index (χ1v) is 9.51. The number of aromatic nitrogens is 2. The van der Waals surface area contributed by atoms with Gasteiger partial charge in [-0.1, -0.05) is 19.3 Å². The number of piperidine rings is 1. The zero-order chi connectivity index (χ0) is 15.6. The Kier molecular flexibility index (Phi) is 4.63. The Labute approximate surface area is 140 Å². The van der Waals surface area contributed by atoms with Gasteiger partial charge in [0.25, 0.3) is 0 Å². The Morgan fingerprint density at radius 1 is 0.957 bits per heavy atom. The van der Waals surface area contributed by atoms with E-state index in [0.717, 1.165) is 24.3 Å². The Morgan fingerprint density at radius 2 is 1.74 bits per heavy atom. The summed E-state index contributed by atoms with van der Waals surface area (Å²) in [7, 11) is 2.27. The van der Waals surface area contributed by atoms with Gasteiger partial charge in [0.1, 0.15) is 5.82 Å². The van der Waals surface area contributed by atoms with Crippen molar-refractivity contribution in [2.45, 2.75) is 63.5 Å². The fourth-order valence-corrected chi connectivity index (χ4v) is 4.86. The van der Waals surface area contributed by atoms with Crippen LogP contribution in [0.1, 0.15) is 62.3 Å². The zero-order valence-electron chi connectivity index (χ0n) is 14.5. The minimum absolute atomic E-state index is 0.612. The molecule has 4 heterocycles. The van der Waals surface area contributed by atoms with Gasteiger partial charge >= 0.3 is 0 Å². The quantitative estimate of drug-likeness (QED) is 0.858. The van der Waals surface area contributed by atoms with E-state index in [4.69, 9.17) is 9.97 Å². The van der Waals surface area contributed by atoms with Crippen molar-refractivity contribution >= 4 is 0 Å². The third kappa shape index (κ3) is 3.58. The van der Waals surface area contributed by atoms with Crippen LogP contribution in [0, 0.1) is 5.92 Å². The Morgan fingerprint density at radius 3 is 2.52 bits per heavy atom. The molecular formula is C19H30N4. The van der Waals surface area contributed by atoms with Crippen LogP contribution in [0.3, 0.4) is 0 Å². The van der Waals surface area contributed by atoms with Crippen LogP contribution in [0.5, 0.6) is 0 Å². The van der Waals surface area contributed by atoms with Gasteiger partial charge in [-0.2, -0.15) is 0 Å². The molecule has 23 heavy (non-hydrogen) atoms. The van der Waals surface area contributed by atoms with Gasteiger partial charge in [-0.05, 0) is 38.6 Å². The molecule has 0 spiro atoms. The maximum Gasteiger partial charge on any atom is 0.131 e. The van der Waals surface area contributed by atoms with Crippen LogP contribution in [-0.4, -0.2) is 52.5 Å². The molecule has 4 fully saturated rings. The number of rotatable bonds is 3. The van der Waals surface area contributed by atoms with Crippen molar-refractivity contribution < 1.29 is 0 Å². The molecule has 126 valence electrons. The molecule has 0 aromatic carbocycles. The SMILES string of the molecule is CN1C[C@H]2CC[C@@H](C1)N(Cc1cnc(C3CCCCC3)nc1)C2. The lowest BCUT2D eigenvalue weighted by atomic mass is 9.89. The molecule has 0 unspecified atom stereocenters. The van der Waals surface area contributed by atoms with E-state index in [0.29, 0.717) is 5.92 Å². The van der Waals surface area contributed by atoms with E-state index < -0.39 is 0 Å². The number of hydrogen-bond donors (Lipinski definition) is 0. The first-order valence-electron chi connectivity index (χ1n) is 9.51. The first-order chi connectivity index (χ1) is 11.3. The predicted molar refractivity (Wildman–Crippen MR) is 92.3 cm³/mol. The fraction of sp³-hybridized carbons (Fsp3) is 0.789. The Balaban J connectivity index is 1.41. The van der Waals surface area contributed by atoms with Gasteiger partial charge in [-0.15, -0.1) is 0 Å². The molecule has 2 atom stereocenters. The molecule has 3 saturated heterocycles. The summed E-state index contributed by atoms with van der Waals surface area (Å²) in [6.07, 6.45) is 13.6. The average molecular weight is 314 g/mol. The molecule has 3 aliphatic heterocycles. The highest BCUT2D eigenvalue weighted by Crippen LogP contribution is 2.31. The minimum atomic E-state index is 0.612. The molecule has 1 aliphatic carbocycles. The van der Waals surface area contributed by atoms with Crippen molar-refractivity contribution in [3.05, 3.63) is 23.8 Å². The van der Waals surface area contributed by atoms with Gasteiger partial charge in [0.2, 0.25) is 0 Å². The van der Waals surface area contributed by atoms with E-state index in [9.17, 15) is 0 Å². The third-order valence-corrected chi connectivity index (χ3v) is 6.09. The van der Waals surface area contributed by atoms with E-state index in [2.05, 4.69) is 29.2 Å². The monoisotopic (exact) mass is 314 g/mol. The molecule has 5 rings (SSSR count). The van der Waals surface area contributed by atoms with Crippen LogP contribution < -0.4 is 0 Å². The highest BCUT2D eigenvalue weighted by Gasteiger charge is 2.33. The third-order valence-electron chi connectivity index (χ3n) is 6.09. The number of fused-ring (bicyclic) bond motifs is 4. The van der Waals surface area contributed by atoms with Crippen molar-refractivity contribution in [2.75, 3.05) is 26.7 Å². The van der Waals surface area contributed by atoms with Gasteiger partial charge in [0, 0.05) is 56.1 Å². The molecule has 0 amide bonds. The Bertz CT molecular complexity index is 509. The highest BCUT2D eigenvalue weighted by atomic mass is 15.2. The summed E-state index contributed by atoms with van der Waals surface area (Å²) in [4.78, 5) is 14.6. The van der Waals surface area contributed by atoms with E-state index >= 15 is 0 Å². The van der Waals surface area contributed by atoms with Crippen molar-refractivity contribution in [1.29, 1.82) is 0 Å². The topological polar surface area (TPSA) is 32.3 Å². The summed E-state index contributed by atoms with van der Waals surface area (Å²) < 4.78 is 0. The largest absolute Gasteiger partial charge is 0.304 e. The average Bonchev–Trinajstić information content (AvgIpc) is 2.85. The lowest BCUT2D eigenvalue weighted by molar-refractivity contribution is 0.124. The Hall–Kier alpha value is -1.00. The van der Waals surface area contributed by atoms with Crippen molar-refractivity contribution in [3.8, 4) is 0 Å². The minimum Gasteiger partial charge on any atom is -0.304 e. The van der Waals surface area contributed by atoms with Gasteiger partial charge in [-0.25, -0.2) is 9.97 Å². The van der Waals surface area contributed by atoms with Crippen molar-refractivity contribution in [3.63, 3.8) is 0 Å². The normalized spacial score (nSPS) is 30.5. The smallest absolute Gasteiger partial charge is 0.131 e. The molecule has 4 aliphatic rings. The molecule has 2 bridgehead atoms. The van der Waals surface area contributed by atoms with Gasteiger partial charge < -0.3 is 4.90 Å². The van der Waals surface area contributed by atoms with Gasteiger partial charge in [0.15, 0.2) is 0 Å². The summed E-state index contributed by atoms with van der Waals surface area (Å²) in [5, 5.41) is 0. The lowest BCUT2D eigenvalue weighted by Crippen LogP contribution is -2.43. The highest BCUT2D eigenvalue weighted by molar-refractivity contribution is 5.09. The second kappa shape index (κ2) is 6.86. The van der Waals surface area contributed by atoms with Crippen LogP contribution in [-0.2, 0) is 6.54 Å². The van der Waals surface area contributed by atoms with Crippen LogP contribution in [0.15, 0.2) is 12.4 Å². The maximum absolute atomic E-state index is 4.72. The van der Waals surface area contributed by atoms with Gasteiger partial charge in [-0.3, -0.25) is 4.90 Å². The van der Waals surface area contributed by atoms with E-state index in [1.54, 1.807) is 0 Å². The van der Waals surface area contributed by atoms with Crippen LogP contribution >= 0.6 is 0 Å². The second-order valence-electron chi connectivity index (χ2n) is 8.03. The summed E-state index contributed by atoms with van der Waals surface area (Å²) in [5.41, 5.74) is 1.29. The number of hydrogen-bond acceptors (Lipinski definition) is 4. The summed E-state index contributed by atoms with van der Waals surface area (Å²) in [6, 6.07) is 0.719. The number of nitrogens with zero attached hydrogens (tertiary/aromatic N) is 4. The molecule has 0 radical (unpaired) electrons. The molecule has 1 aromatic heterocycles. The second-order valence-corrected chi connectivity index (χ2v) is 8.03. The van der Waals surface area contributed by atoms with Crippen LogP contribution in [0.4, 0.5) is 0 Å². The molecule has 1 aromatic rings. The van der Waals surface area contributed by atoms with E-state index in [-0.39, 0.29) is 0 Å². The van der Waals surface area contributed by atoms with Crippen LogP contribution in [0.2, 0.25) is 0 Å². The summed E-state index contributed by atoms with van der Waals surface area (Å²) >= 11 is 0. The molecular weight excluding hydrogens is 284 g/mol. The number of likely N-dealkylation sites (N-methyl/N-ethyl adjacent to an activating group) is 1. The van der Waals surface area contributed by atoms with E-state index in [1.165, 1.54) is 70.1 Å². The molecule has 4 nitrogen and oxygen atoms in total. The standard InChI is InChI=1S/C19H30N4/c1-22-11-15-7-8-18(14-22)23(12-15)13-16-9-20-19(21-10-16)17-5-3-2-4-6-17/h9-10,15,17-18H,2-8,11-14H2,1H3/t15-,18+/m1/s1. The maximum atomic E-state index is 4.72. The van der Waals surface area contributed by atoms with Crippen molar-refractivity contribution in [2.24, 2.45) is 5.92 Å². The summed E-state index contributed by atoms with van der Waals surface area (Å²) in [6.45, 7) is 4.76. The predicted octanol–water partition coefficient (Wildman–Crippen LogP) is 3.05. The van der Waals surface area contributed by atoms with Crippen LogP contribution in [0.25, 0.3) is 0 Å². The zero-order valence-corrected chi connectivity index (χ0v) is 14.5. The molecule has 4 heteroatoms. The van der Waals surface area contributed by atoms with E-state index in [1.807, 2.05) is 0 Å². The van der Waals surface area contributed by atoms with Gasteiger partial charge in [0.05, 0.1) is 0 Å².